The SMILES string of the molecule is COc1ccc(NC2=C(Cl)C(=O)N(c3ccc(F)c(Cl)c3)C2=O)cc1. The summed E-state index contributed by atoms with van der Waals surface area (Å²) in [5.41, 5.74) is 0.609. The third-order valence-corrected chi connectivity index (χ3v) is 4.19. The topological polar surface area (TPSA) is 58.6 Å². The first-order chi connectivity index (χ1) is 11.9. The van der Waals surface area contributed by atoms with Gasteiger partial charge in [0, 0.05) is 5.69 Å². The number of anilines is 2. The largest absolute Gasteiger partial charge is 0.497 e. The minimum Gasteiger partial charge on any atom is -0.497 e. The van der Waals surface area contributed by atoms with E-state index in [2.05, 4.69) is 5.32 Å². The highest BCUT2D eigenvalue weighted by molar-refractivity contribution is 6.53. The van der Waals surface area contributed by atoms with Crippen molar-refractivity contribution in [3.8, 4) is 5.75 Å². The van der Waals surface area contributed by atoms with E-state index >= 15 is 0 Å². The molecule has 8 heteroatoms. The van der Waals surface area contributed by atoms with Crippen molar-refractivity contribution in [2.75, 3.05) is 17.3 Å². The first kappa shape index (κ1) is 17.3. The van der Waals surface area contributed by atoms with Gasteiger partial charge in [0.25, 0.3) is 11.8 Å². The highest BCUT2D eigenvalue weighted by atomic mass is 35.5. The number of amides is 2. The van der Waals surface area contributed by atoms with Crippen molar-refractivity contribution in [2.45, 2.75) is 0 Å². The molecule has 2 aromatic rings. The fraction of sp³-hybridized carbons (Fsp3) is 0.0588. The van der Waals surface area contributed by atoms with Crippen molar-refractivity contribution in [1.29, 1.82) is 0 Å². The summed E-state index contributed by atoms with van der Waals surface area (Å²) in [6.07, 6.45) is 0. The summed E-state index contributed by atoms with van der Waals surface area (Å²) in [4.78, 5) is 25.8. The van der Waals surface area contributed by atoms with E-state index in [1.165, 1.54) is 19.2 Å². The van der Waals surface area contributed by atoms with Gasteiger partial charge in [-0.25, -0.2) is 9.29 Å². The van der Waals surface area contributed by atoms with Gasteiger partial charge in [-0.3, -0.25) is 9.59 Å². The van der Waals surface area contributed by atoms with E-state index in [1.54, 1.807) is 24.3 Å². The van der Waals surface area contributed by atoms with E-state index in [1.807, 2.05) is 0 Å². The van der Waals surface area contributed by atoms with Gasteiger partial charge in [0.15, 0.2) is 0 Å². The fourth-order valence-corrected chi connectivity index (χ4v) is 2.68. The zero-order chi connectivity index (χ0) is 18.1. The molecule has 25 heavy (non-hydrogen) atoms. The van der Waals surface area contributed by atoms with Gasteiger partial charge in [-0.2, -0.15) is 0 Å². The molecule has 128 valence electrons. The monoisotopic (exact) mass is 380 g/mol. The van der Waals surface area contributed by atoms with Crippen LogP contribution in [0.2, 0.25) is 5.02 Å². The van der Waals surface area contributed by atoms with Crippen LogP contribution in [-0.2, 0) is 9.59 Å². The molecular weight excluding hydrogens is 370 g/mol. The zero-order valence-electron chi connectivity index (χ0n) is 12.8. The maximum Gasteiger partial charge on any atom is 0.283 e. The molecule has 0 bridgehead atoms. The first-order valence-corrected chi connectivity index (χ1v) is 7.82. The van der Waals surface area contributed by atoms with Crippen molar-refractivity contribution in [3.63, 3.8) is 0 Å². The van der Waals surface area contributed by atoms with E-state index in [0.29, 0.717) is 11.4 Å². The summed E-state index contributed by atoms with van der Waals surface area (Å²) >= 11 is 11.7. The lowest BCUT2D eigenvalue weighted by Crippen LogP contribution is -2.32. The van der Waals surface area contributed by atoms with E-state index in [9.17, 15) is 14.0 Å². The summed E-state index contributed by atoms with van der Waals surface area (Å²) in [7, 11) is 1.53. The number of hydrogen-bond acceptors (Lipinski definition) is 4. The van der Waals surface area contributed by atoms with Gasteiger partial charge in [0.1, 0.15) is 22.3 Å². The summed E-state index contributed by atoms with van der Waals surface area (Å²) in [5.74, 6) is -1.39. The molecule has 0 fully saturated rings. The molecule has 0 atom stereocenters. The van der Waals surface area contributed by atoms with Crippen molar-refractivity contribution in [3.05, 3.63) is 64.0 Å². The molecule has 2 aromatic carbocycles. The molecule has 0 unspecified atom stereocenters. The molecule has 5 nitrogen and oxygen atoms in total. The number of nitrogens with one attached hydrogen (secondary N) is 1. The minimum absolute atomic E-state index is 0.0720. The molecular formula is C17H11Cl2FN2O3. The second-order valence-corrected chi connectivity index (χ2v) is 5.87. The highest BCUT2D eigenvalue weighted by Gasteiger charge is 2.39. The van der Waals surface area contributed by atoms with Gasteiger partial charge in [0.2, 0.25) is 0 Å². The lowest BCUT2D eigenvalue weighted by atomic mass is 10.2. The zero-order valence-corrected chi connectivity index (χ0v) is 14.4. The van der Waals surface area contributed by atoms with Gasteiger partial charge in [-0.1, -0.05) is 23.2 Å². The van der Waals surface area contributed by atoms with Crippen LogP contribution in [0.25, 0.3) is 0 Å². The van der Waals surface area contributed by atoms with Crippen molar-refractivity contribution in [2.24, 2.45) is 0 Å². The molecule has 1 N–H and O–H groups in total. The van der Waals surface area contributed by atoms with Crippen molar-refractivity contribution >= 4 is 46.4 Å². The Morgan fingerprint density at radius 2 is 1.72 bits per heavy atom. The molecule has 1 aliphatic heterocycles. The van der Waals surface area contributed by atoms with E-state index < -0.39 is 17.6 Å². The van der Waals surface area contributed by atoms with Gasteiger partial charge in [-0.05, 0) is 42.5 Å². The molecule has 3 rings (SSSR count). The van der Waals surface area contributed by atoms with Crippen molar-refractivity contribution in [1.82, 2.24) is 0 Å². The summed E-state index contributed by atoms with van der Waals surface area (Å²) in [6, 6.07) is 10.3. The highest BCUT2D eigenvalue weighted by Crippen LogP contribution is 2.32. The summed E-state index contributed by atoms with van der Waals surface area (Å²) in [5, 5.41) is 2.36. The van der Waals surface area contributed by atoms with Crippen LogP contribution in [-0.4, -0.2) is 18.9 Å². The summed E-state index contributed by atoms with van der Waals surface area (Å²) in [6.45, 7) is 0. The lowest BCUT2D eigenvalue weighted by molar-refractivity contribution is -0.120. The Kier molecular flexibility index (Phi) is 4.65. The standard InChI is InChI=1S/C17H11Cl2FN2O3/c1-25-11-5-2-9(3-6-11)21-15-14(19)16(23)22(17(15)24)10-4-7-13(20)12(18)8-10/h2-8,21H,1H3. The molecule has 0 aliphatic carbocycles. The molecule has 0 saturated heterocycles. The van der Waals surface area contributed by atoms with Crippen LogP contribution >= 0.6 is 23.2 Å². The lowest BCUT2D eigenvalue weighted by Gasteiger charge is -2.15. The molecule has 0 aromatic heterocycles. The number of carbonyl (C=O) groups is 2. The van der Waals surface area contributed by atoms with Crippen LogP contribution < -0.4 is 15.0 Å². The fourth-order valence-electron chi connectivity index (χ4n) is 2.29. The van der Waals surface area contributed by atoms with Crippen LogP contribution in [0.15, 0.2) is 53.2 Å². The Morgan fingerprint density at radius 1 is 1.04 bits per heavy atom. The average Bonchev–Trinajstić information content (AvgIpc) is 2.82. The number of halogens is 3. The number of benzene rings is 2. The molecule has 2 amide bonds. The maximum absolute atomic E-state index is 13.3. The summed E-state index contributed by atoms with van der Waals surface area (Å²) < 4.78 is 18.4. The van der Waals surface area contributed by atoms with Crippen LogP contribution in [0.1, 0.15) is 0 Å². The van der Waals surface area contributed by atoms with Crippen LogP contribution in [0.4, 0.5) is 15.8 Å². The number of hydrogen-bond donors (Lipinski definition) is 1. The number of nitrogens with zero attached hydrogens (tertiary/aromatic N) is 1. The van der Waals surface area contributed by atoms with E-state index in [0.717, 1.165) is 11.0 Å². The molecule has 0 saturated carbocycles. The Morgan fingerprint density at radius 3 is 2.32 bits per heavy atom. The molecule has 0 spiro atoms. The van der Waals surface area contributed by atoms with Gasteiger partial charge in [0.05, 0.1) is 17.8 Å². The van der Waals surface area contributed by atoms with Crippen LogP contribution in [0.5, 0.6) is 5.75 Å². The van der Waals surface area contributed by atoms with Gasteiger partial charge in [-0.15, -0.1) is 0 Å². The quantitative estimate of drug-likeness (QED) is 0.816. The molecule has 1 heterocycles. The number of ether oxygens (including phenoxy) is 1. The van der Waals surface area contributed by atoms with E-state index in [4.69, 9.17) is 27.9 Å². The minimum atomic E-state index is -0.717. The number of rotatable bonds is 4. The number of imide groups is 1. The van der Waals surface area contributed by atoms with Crippen LogP contribution in [0, 0.1) is 5.82 Å². The Bertz CT molecular complexity index is 897. The number of carbonyl (C=O) groups excluding carboxylic acids is 2. The number of methoxy groups -OCH3 is 1. The smallest absolute Gasteiger partial charge is 0.283 e. The predicted octanol–water partition coefficient (Wildman–Crippen LogP) is 3.92. The average molecular weight is 381 g/mol. The molecule has 0 radical (unpaired) electrons. The van der Waals surface area contributed by atoms with Crippen LogP contribution in [0.3, 0.4) is 0 Å². The third kappa shape index (κ3) is 3.18. The van der Waals surface area contributed by atoms with Gasteiger partial charge < -0.3 is 10.1 Å². The third-order valence-electron chi connectivity index (χ3n) is 3.55. The Balaban J connectivity index is 1.89. The van der Waals surface area contributed by atoms with Gasteiger partial charge >= 0.3 is 0 Å². The van der Waals surface area contributed by atoms with Crippen molar-refractivity contribution < 1.29 is 18.7 Å². The predicted molar refractivity (Wildman–Crippen MR) is 93.4 cm³/mol. The maximum atomic E-state index is 13.3. The van der Waals surface area contributed by atoms with E-state index in [-0.39, 0.29) is 21.4 Å². The second-order valence-electron chi connectivity index (χ2n) is 5.09. The Labute approximate surface area is 152 Å². The molecule has 1 aliphatic rings. The normalized spacial score (nSPS) is 14.3. The first-order valence-electron chi connectivity index (χ1n) is 7.07. The second kappa shape index (κ2) is 6.74. The Hall–Kier alpha value is -2.57.